The van der Waals surface area contributed by atoms with E-state index in [2.05, 4.69) is 5.32 Å². The SMILES string of the molecule is CCNCc1cccc(C)c1OCC(C)(C)C(=O)O. The van der Waals surface area contributed by atoms with Crippen LogP contribution in [0.25, 0.3) is 0 Å². The zero-order valence-electron chi connectivity index (χ0n) is 12.1. The Balaban J connectivity index is 2.84. The second-order valence-corrected chi connectivity index (χ2v) is 5.32. The Morgan fingerprint density at radius 2 is 2.11 bits per heavy atom. The van der Waals surface area contributed by atoms with Crippen LogP contribution < -0.4 is 10.1 Å². The number of carboxylic acid groups (broad SMARTS) is 1. The summed E-state index contributed by atoms with van der Waals surface area (Å²) in [6, 6.07) is 5.95. The normalized spacial score (nSPS) is 11.4. The third-order valence-corrected chi connectivity index (χ3v) is 3.02. The second-order valence-electron chi connectivity index (χ2n) is 5.32. The fourth-order valence-corrected chi connectivity index (χ4v) is 1.63. The van der Waals surface area contributed by atoms with Gasteiger partial charge in [-0.25, -0.2) is 0 Å². The zero-order chi connectivity index (χ0) is 14.5. The summed E-state index contributed by atoms with van der Waals surface area (Å²) in [5.74, 6) is -0.0629. The van der Waals surface area contributed by atoms with Gasteiger partial charge in [0.1, 0.15) is 12.4 Å². The van der Waals surface area contributed by atoms with Gasteiger partial charge in [0, 0.05) is 12.1 Å². The Labute approximate surface area is 114 Å². The average Bonchev–Trinajstić information content (AvgIpc) is 2.34. The molecule has 0 atom stereocenters. The van der Waals surface area contributed by atoms with Crippen LogP contribution >= 0.6 is 0 Å². The van der Waals surface area contributed by atoms with Crippen LogP contribution in [0.1, 0.15) is 31.9 Å². The molecule has 0 fully saturated rings. The van der Waals surface area contributed by atoms with Crippen molar-refractivity contribution < 1.29 is 14.6 Å². The highest BCUT2D eigenvalue weighted by Gasteiger charge is 2.28. The minimum atomic E-state index is -0.891. The van der Waals surface area contributed by atoms with Crippen LogP contribution in [0, 0.1) is 12.3 Å². The van der Waals surface area contributed by atoms with E-state index in [1.165, 1.54) is 0 Å². The lowest BCUT2D eigenvalue weighted by Crippen LogP contribution is -2.31. The van der Waals surface area contributed by atoms with E-state index in [0.717, 1.165) is 30.0 Å². The van der Waals surface area contributed by atoms with Crippen LogP contribution in [-0.4, -0.2) is 24.2 Å². The number of ether oxygens (including phenoxy) is 1. The maximum atomic E-state index is 11.1. The van der Waals surface area contributed by atoms with Gasteiger partial charge < -0.3 is 15.2 Å². The lowest BCUT2D eigenvalue weighted by molar-refractivity contribution is -0.148. The fourth-order valence-electron chi connectivity index (χ4n) is 1.63. The van der Waals surface area contributed by atoms with E-state index in [1.807, 2.05) is 32.0 Å². The van der Waals surface area contributed by atoms with Crippen molar-refractivity contribution in [2.75, 3.05) is 13.2 Å². The van der Waals surface area contributed by atoms with Crippen molar-refractivity contribution in [3.63, 3.8) is 0 Å². The monoisotopic (exact) mass is 265 g/mol. The minimum absolute atomic E-state index is 0.159. The quantitative estimate of drug-likeness (QED) is 0.795. The van der Waals surface area contributed by atoms with Crippen LogP contribution in [0.3, 0.4) is 0 Å². The van der Waals surface area contributed by atoms with E-state index in [-0.39, 0.29) is 6.61 Å². The molecule has 0 saturated carbocycles. The summed E-state index contributed by atoms with van der Waals surface area (Å²) < 4.78 is 5.77. The van der Waals surface area contributed by atoms with Gasteiger partial charge >= 0.3 is 5.97 Å². The highest BCUT2D eigenvalue weighted by Crippen LogP contribution is 2.26. The first-order valence-corrected chi connectivity index (χ1v) is 6.54. The molecule has 0 heterocycles. The maximum absolute atomic E-state index is 11.1. The number of para-hydroxylation sites is 1. The molecule has 2 N–H and O–H groups in total. The minimum Gasteiger partial charge on any atom is -0.492 e. The molecule has 1 rings (SSSR count). The molecule has 0 radical (unpaired) electrons. The van der Waals surface area contributed by atoms with E-state index in [0.29, 0.717) is 0 Å². The number of nitrogens with one attached hydrogen (secondary N) is 1. The van der Waals surface area contributed by atoms with E-state index >= 15 is 0 Å². The lowest BCUT2D eigenvalue weighted by Gasteiger charge is -2.22. The van der Waals surface area contributed by atoms with Gasteiger partial charge in [0.05, 0.1) is 5.41 Å². The molecule has 0 spiro atoms. The molecule has 0 bridgehead atoms. The standard InChI is InChI=1S/C15H23NO3/c1-5-16-9-12-8-6-7-11(2)13(12)19-10-15(3,4)14(17)18/h6-8,16H,5,9-10H2,1-4H3,(H,17,18). The van der Waals surface area contributed by atoms with E-state index in [1.54, 1.807) is 13.8 Å². The molecule has 19 heavy (non-hydrogen) atoms. The first-order valence-electron chi connectivity index (χ1n) is 6.54. The summed E-state index contributed by atoms with van der Waals surface area (Å²) in [6.07, 6.45) is 0. The predicted molar refractivity (Wildman–Crippen MR) is 75.5 cm³/mol. The van der Waals surface area contributed by atoms with Crippen LogP contribution in [-0.2, 0) is 11.3 Å². The average molecular weight is 265 g/mol. The van der Waals surface area contributed by atoms with Gasteiger partial charge in [-0.15, -0.1) is 0 Å². The molecular formula is C15H23NO3. The predicted octanol–water partition coefficient (Wildman–Crippen LogP) is 2.59. The number of hydrogen-bond donors (Lipinski definition) is 2. The van der Waals surface area contributed by atoms with E-state index in [4.69, 9.17) is 9.84 Å². The summed E-state index contributed by atoms with van der Waals surface area (Å²) in [7, 11) is 0. The van der Waals surface area contributed by atoms with Gasteiger partial charge in [0.2, 0.25) is 0 Å². The van der Waals surface area contributed by atoms with Crippen molar-refractivity contribution >= 4 is 5.97 Å². The third-order valence-electron chi connectivity index (χ3n) is 3.02. The molecule has 0 aliphatic heterocycles. The maximum Gasteiger partial charge on any atom is 0.312 e. The molecule has 0 amide bonds. The highest BCUT2D eigenvalue weighted by atomic mass is 16.5. The van der Waals surface area contributed by atoms with Gasteiger partial charge in [0.25, 0.3) is 0 Å². The molecule has 4 heteroatoms. The van der Waals surface area contributed by atoms with Crippen LogP contribution in [0.5, 0.6) is 5.75 Å². The molecular weight excluding hydrogens is 242 g/mol. The Hall–Kier alpha value is -1.55. The van der Waals surface area contributed by atoms with Crippen molar-refractivity contribution in [2.45, 2.75) is 34.2 Å². The number of rotatable bonds is 7. The molecule has 4 nitrogen and oxygen atoms in total. The first-order chi connectivity index (χ1) is 8.88. The van der Waals surface area contributed by atoms with Gasteiger partial charge in [0.15, 0.2) is 0 Å². The van der Waals surface area contributed by atoms with Crippen LogP contribution in [0.4, 0.5) is 0 Å². The van der Waals surface area contributed by atoms with Gasteiger partial charge in [-0.2, -0.15) is 0 Å². The Bertz CT molecular complexity index is 441. The number of benzene rings is 1. The summed E-state index contributed by atoms with van der Waals surface area (Å²) in [5, 5.41) is 12.4. The molecule has 0 aliphatic carbocycles. The van der Waals surface area contributed by atoms with Crippen LogP contribution in [0.15, 0.2) is 18.2 Å². The van der Waals surface area contributed by atoms with Crippen LogP contribution in [0.2, 0.25) is 0 Å². The summed E-state index contributed by atoms with van der Waals surface area (Å²) in [5.41, 5.74) is 1.19. The Morgan fingerprint density at radius 1 is 1.42 bits per heavy atom. The van der Waals surface area contributed by atoms with Gasteiger partial charge in [-0.1, -0.05) is 25.1 Å². The number of aryl methyl sites for hydroxylation is 1. The van der Waals surface area contributed by atoms with Crippen molar-refractivity contribution in [3.8, 4) is 5.75 Å². The molecule has 1 aromatic carbocycles. The molecule has 0 saturated heterocycles. The third kappa shape index (κ3) is 4.24. The van der Waals surface area contributed by atoms with E-state index < -0.39 is 11.4 Å². The van der Waals surface area contributed by atoms with Crippen molar-refractivity contribution in [3.05, 3.63) is 29.3 Å². The molecule has 0 aromatic heterocycles. The number of aliphatic carboxylic acids is 1. The zero-order valence-corrected chi connectivity index (χ0v) is 12.1. The molecule has 0 unspecified atom stereocenters. The van der Waals surface area contributed by atoms with Crippen molar-refractivity contribution in [1.82, 2.24) is 5.32 Å². The number of carbonyl (C=O) groups is 1. The van der Waals surface area contributed by atoms with Crippen molar-refractivity contribution in [2.24, 2.45) is 5.41 Å². The smallest absolute Gasteiger partial charge is 0.312 e. The largest absolute Gasteiger partial charge is 0.492 e. The molecule has 106 valence electrons. The van der Waals surface area contributed by atoms with Crippen molar-refractivity contribution in [1.29, 1.82) is 0 Å². The molecule has 1 aromatic rings. The lowest BCUT2D eigenvalue weighted by atomic mass is 9.95. The summed E-state index contributed by atoms with van der Waals surface area (Å²) in [4.78, 5) is 11.1. The molecule has 0 aliphatic rings. The first kappa shape index (κ1) is 15.5. The topological polar surface area (TPSA) is 58.6 Å². The Morgan fingerprint density at radius 3 is 2.68 bits per heavy atom. The summed E-state index contributed by atoms with van der Waals surface area (Å²) >= 11 is 0. The highest BCUT2D eigenvalue weighted by molar-refractivity contribution is 5.73. The van der Waals surface area contributed by atoms with Gasteiger partial charge in [-0.05, 0) is 32.9 Å². The Kier molecular flexibility index (Phi) is 5.36. The van der Waals surface area contributed by atoms with E-state index in [9.17, 15) is 4.79 Å². The number of carboxylic acids is 1. The number of hydrogen-bond acceptors (Lipinski definition) is 3. The fraction of sp³-hybridized carbons (Fsp3) is 0.533. The van der Waals surface area contributed by atoms with Gasteiger partial charge in [-0.3, -0.25) is 4.79 Å². The second kappa shape index (κ2) is 6.57. The summed E-state index contributed by atoms with van der Waals surface area (Å²) in [6.45, 7) is 9.11.